The lowest BCUT2D eigenvalue weighted by Crippen LogP contribution is -2.08. The van der Waals surface area contributed by atoms with Gasteiger partial charge in [0, 0.05) is 34.4 Å². The Kier molecular flexibility index (Phi) is 18.8. The van der Waals surface area contributed by atoms with Gasteiger partial charge in [-0.05, 0) is 134 Å². The van der Waals surface area contributed by atoms with Gasteiger partial charge < -0.3 is 28.4 Å². The highest BCUT2D eigenvalue weighted by molar-refractivity contribution is 5.93. The lowest BCUT2D eigenvalue weighted by molar-refractivity contribution is -0.130. The Morgan fingerprint density at radius 3 is 0.750 bits per heavy atom. The van der Waals surface area contributed by atoms with E-state index in [1.165, 1.54) is 0 Å². The number of esters is 6. The van der Waals surface area contributed by atoms with Crippen LogP contribution in [0.3, 0.4) is 0 Å². The van der Waals surface area contributed by atoms with Crippen LogP contribution in [0, 0.1) is 0 Å². The SMILES string of the molecule is C=C(C)C(=O)Oc1ccc(-c2ccc(OC(=O)C(=C)C)cc2)cc1.C=C(C)C(=O)Oc1ccc2cc(OC(=O)C(=C)C)ccc2c1.C=CC(=O)Oc1ccc(-c2ccc(OC(=O)C=C)cc2)cc1. The quantitative estimate of drug-likeness (QED) is 0.0579. The average Bonchev–Trinajstić information content (AvgIpc) is 3.32. The predicted octanol–water partition coefficient (Wildman–Crippen LogP) is 11.7. The Hall–Kier alpha value is -9.16. The monoisotopic (exact) mass is 912 g/mol. The minimum absolute atomic E-state index is 0.335. The molecule has 6 aromatic carbocycles. The molecular formula is C56H48O12. The molecule has 0 unspecified atom stereocenters. The van der Waals surface area contributed by atoms with Gasteiger partial charge in [0.25, 0.3) is 0 Å². The molecule has 0 fully saturated rings. The first kappa shape index (κ1) is 51.5. The van der Waals surface area contributed by atoms with Crippen LogP contribution in [0.5, 0.6) is 34.5 Å². The molecule has 0 atom stereocenters. The normalized spacial score (nSPS) is 9.88. The zero-order valence-corrected chi connectivity index (χ0v) is 38.0. The molecule has 0 aromatic heterocycles. The number of carbonyl (C=O) groups excluding carboxylic acids is 6. The third-order valence-corrected chi connectivity index (χ3v) is 8.87. The van der Waals surface area contributed by atoms with Crippen molar-refractivity contribution in [1.29, 1.82) is 0 Å². The zero-order valence-electron chi connectivity index (χ0n) is 38.0. The summed E-state index contributed by atoms with van der Waals surface area (Å²) >= 11 is 0. The summed E-state index contributed by atoms with van der Waals surface area (Å²) in [4.78, 5) is 68.1. The fourth-order valence-corrected chi connectivity index (χ4v) is 5.28. The van der Waals surface area contributed by atoms with Gasteiger partial charge in [-0.3, -0.25) is 0 Å². The Morgan fingerprint density at radius 2 is 0.529 bits per heavy atom. The number of benzene rings is 6. The van der Waals surface area contributed by atoms with E-state index in [-0.39, 0.29) is 0 Å². The van der Waals surface area contributed by atoms with E-state index in [9.17, 15) is 28.8 Å². The summed E-state index contributed by atoms with van der Waals surface area (Å²) < 4.78 is 30.7. The van der Waals surface area contributed by atoms with Crippen molar-refractivity contribution in [2.75, 3.05) is 0 Å². The van der Waals surface area contributed by atoms with Crippen LogP contribution in [-0.2, 0) is 28.8 Å². The predicted molar refractivity (Wildman–Crippen MR) is 261 cm³/mol. The Bertz CT molecular complexity index is 2700. The molecule has 6 aromatic rings. The highest BCUT2D eigenvalue weighted by Crippen LogP contribution is 2.28. The third kappa shape index (κ3) is 16.1. The number of ether oxygens (including phenoxy) is 6. The Balaban J connectivity index is 0.000000223. The van der Waals surface area contributed by atoms with Gasteiger partial charge in [-0.1, -0.05) is 100 Å². The zero-order chi connectivity index (χ0) is 49.9. The van der Waals surface area contributed by atoms with Crippen LogP contribution < -0.4 is 28.4 Å². The van der Waals surface area contributed by atoms with Gasteiger partial charge in [0.05, 0.1) is 0 Å². The minimum atomic E-state index is -0.499. The first-order chi connectivity index (χ1) is 32.3. The van der Waals surface area contributed by atoms with Crippen molar-refractivity contribution in [3.63, 3.8) is 0 Å². The van der Waals surface area contributed by atoms with Crippen LogP contribution in [0.25, 0.3) is 33.0 Å². The number of hydrogen-bond donors (Lipinski definition) is 0. The molecule has 0 aliphatic carbocycles. The second-order valence-corrected chi connectivity index (χ2v) is 14.7. The van der Waals surface area contributed by atoms with Crippen LogP contribution in [0.2, 0.25) is 0 Å². The van der Waals surface area contributed by atoms with Crippen LogP contribution in [-0.4, -0.2) is 35.8 Å². The summed E-state index contributed by atoms with van der Waals surface area (Å²) in [5.74, 6) is -0.148. The first-order valence-corrected chi connectivity index (χ1v) is 20.5. The Morgan fingerprint density at radius 1 is 0.324 bits per heavy atom. The molecule has 0 aliphatic heterocycles. The molecule has 0 heterocycles. The van der Waals surface area contributed by atoms with Crippen molar-refractivity contribution < 1.29 is 57.2 Å². The molecule has 0 amide bonds. The molecule has 0 bridgehead atoms. The van der Waals surface area contributed by atoms with E-state index in [0.717, 1.165) is 45.2 Å². The van der Waals surface area contributed by atoms with Crippen LogP contribution >= 0.6 is 0 Å². The van der Waals surface area contributed by atoms with Crippen molar-refractivity contribution in [2.24, 2.45) is 0 Å². The molecule has 0 aliphatic rings. The second kappa shape index (κ2) is 24.8. The molecule has 0 spiro atoms. The van der Waals surface area contributed by atoms with Gasteiger partial charge in [-0.2, -0.15) is 0 Å². The topological polar surface area (TPSA) is 158 Å². The van der Waals surface area contributed by atoms with Crippen molar-refractivity contribution in [3.05, 3.63) is 207 Å². The van der Waals surface area contributed by atoms with Crippen LogP contribution in [0.1, 0.15) is 27.7 Å². The van der Waals surface area contributed by atoms with E-state index in [0.29, 0.717) is 56.8 Å². The first-order valence-electron chi connectivity index (χ1n) is 20.5. The fourth-order valence-electron chi connectivity index (χ4n) is 5.28. The fraction of sp³-hybridized carbons (Fsp3) is 0.0714. The van der Waals surface area contributed by atoms with Gasteiger partial charge >= 0.3 is 35.8 Å². The molecule has 6 rings (SSSR count). The molecule has 344 valence electrons. The van der Waals surface area contributed by atoms with Gasteiger partial charge in [0.2, 0.25) is 0 Å². The maximum Gasteiger partial charge on any atom is 0.338 e. The number of carbonyl (C=O) groups is 6. The maximum absolute atomic E-state index is 11.5. The lowest BCUT2D eigenvalue weighted by atomic mass is 10.1. The highest BCUT2D eigenvalue weighted by atomic mass is 16.6. The molecule has 12 nitrogen and oxygen atoms in total. The van der Waals surface area contributed by atoms with E-state index >= 15 is 0 Å². The second-order valence-electron chi connectivity index (χ2n) is 14.7. The van der Waals surface area contributed by atoms with Gasteiger partial charge in [0.1, 0.15) is 34.5 Å². The van der Waals surface area contributed by atoms with E-state index in [2.05, 4.69) is 39.5 Å². The minimum Gasteiger partial charge on any atom is -0.423 e. The lowest BCUT2D eigenvalue weighted by Gasteiger charge is -2.07. The standard InChI is InChI=1S/C20H18O4.C18H16O4.C18H14O4/c1-13(2)19(21)23-17-9-5-15(6-10-17)16-7-11-18(12-8-16)24-20(22)14(3)4;1-11(2)17(19)21-15-7-5-14-10-16(8-6-13(14)9-15)22-18(20)12(3)4;1-3-17(19)21-15-9-5-13(6-10-15)14-7-11-16(12-8-14)22-18(20)4-2/h5-12H,1,3H2,2,4H3;5-10H,1,3H2,2,4H3;3-12H,1-2H2. The number of fused-ring (bicyclic) bond motifs is 1. The van der Waals surface area contributed by atoms with E-state index in [1.807, 2.05) is 48.5 Å². The van der Waals surface area contributed by atoms with E-state index in [1.54, 1.807) is 113 Å². The van der Waals surface area contributed by atoms with Crippen molar-refractivity contribution in [2.45, 2.75) is 27.7 Å². The number of hydrogen-bond acceptors (Lipinski definition) is 12. The molecular weight excluding hydrogens is 865 g/mol. The van der Waals surface area contributed by atoms with Gasteiger partial charge in [-0.25, -0.2) is 28.8 Å². The summed E-state index contributed by atoms with van der Waals surface area (Å²) in [6.07, 6.45) is 2.22. The smallest absolute Gasteiger partial charge is 0.338 e. The van der Waals surface area contributed by atoms with Crippen LogP contribution in [0.15, 0.2) is 207 Å². The molecule has 0 saturated heterocycles. The maximum atomic E-state index is 11.5. The van der Waals surface area contributed by atoms with Crippen molar-refractivity contribution in [3.8, 4) is 56.8 Å². The average molecular weight is 913 g/mol. The molecule has 0 N–H and O–H groups in total. The summed E-state index contributed by atoms with van der Waals surface area (Å²) in [6, 6.07) is 38.7. The Labute approximate surface area is 394 Å². The molecule has 68 heavy (non-hydrogen) atoms. The summed E-state index contributed by atoms with van der Waals surface area (Å²) in [5.41, 5.74) is 5.15. The van der Waals surface area contributed by atoms with Crippen molar-refractivity contribution >= 4 is 46.6 Å². The molecule has 0 radical (unpaired) electrons. The largest absolute Gasteiger partial charge is 0.423 e. The van der Waals surface area contributed by atoms with E-state index in [4.69, 9.17) is 28.4 Å². The molecule has 0 saturated carbocycles. The molecule has 12 heteroatoms. The van der Waals surface area contributed by atoms with Crippen LogP contribution in [0.4, 0.5) is 0 Å². The summed E-state index contributed by atoms with van der Waals surface area (Å²) in [7, 11) is 0. The number of rotatable bonds is 14. The summed E-state index contributed by atoms with van der Waals surface area (Å²) in [5, 5.41) is 1.73. The highest BCUT2D eigenvalue weighted by Gasteiger charge is 2.11. The van der Waals surface area contributed by atoms with Gasteiger partial charge in [0.15, 0.2) is 0 Å². The van der Waals surface area contributed by atoms with Gasteiger partial charge in [-0.15, -0.1) is 0 Å². The van der Waals surface area contributed by atoms with Crippen molar-refractivity contribution in [1.82, 2.24) is 0 Å². The van der Waals surface area contributed by atoms with E-state index < -0.39 is 35.8 Å². The third-order valence-electron chi connectivity index (χ3n) is 8.87. The summed E-state index contributed by atoms with van der Waals surface area (Å²) in [6.45, 7) is 27.2.